The molecule has 4 nitrogen and oxygen atoms in total. The molecule has 0 radical (unpaired) electrons. The summed E-state index contributed by atoms with van der Waals surface area (Å²) in [6.07, 6.45) is 1.24. The van der Waals surface area contributed by atoms with Crippen molar-refractivity contribution < 1.29 is 13.9 Å². The Kier molecular flexibility index (Phi) is 3.58. The number of hydrogen-bond donors (Lipinski definition) is 0. The van der Waals surface area contributed by atoms with Gasteiger partial charge < -0.3 is 9.15 Å². The lowest BCUT2D eigenvalue weighted by atomic mass is 10.1. The molecule has 0 saturated heterocycles. The summed E-state index contributed by atoms with van der Waals surface area (Å²) in [7, 11) is 1.31. The molecule has 0 aliphatic heterocycles. The van der Waals surface area contributed by atoms with Crippen molar-refractivity contribution >= 4 is 21.9 Å². The van der Waals surface area contributed by atoms with E-state index >= 15 is 0 Å². The highest BCUT2D eigenvalue weighted by Gasteiger charge is 2.18. The Morgan fingerprint density at radius 3 is 2.71 bits per heavy atom. The Morgan fingerprint density at radius 2 is 2.12 bits per heavy atom. The van der Waals surface area contributed by atoms with Gasteiger partial charge in [0, 0.05) is 10.9 Å². The van der Waals surface area contributed by atoms with Crippen molar-refractivity contribution in [3.63, 3.8) is 0 Å². The van der Waals surface area contributed by atoms with Gasteiger partial charge in [-0.25, -0.2) is 9.78 Å². The summed E-state index contributed by atoms with van der Waals surface area (Å²) in [6.45, 7) is 0. The summed E-state index contributed by atoms with van der Waals surface area (Å²) in [5.74, 6) is -0.0729. The first-order chi connectivity index (χ1) is 8.26. The molecule has 0 N–H and O–H groups in total. The molecule has 0 unspecified atom stereocenters. The number of alkyl halides is 1. The van der Waals surface area contributed by atoms with Crippen LogP contribution >= 0.6 is 15.9 Å². The molecule has 1 aromatic heterocycles. The van der Waals surface area contributed by atoms with Crippen LogP contribution in [0, 0.1) is 0 Å². The summed E-state index contributed by atoms with van der Waals surface area (Å²) in [4.78, 5) is 15.3. The third kappa shape index (κ3) is 2.39. The second kappa shape index (κ2) is 5.14. The van der Waals surface area contributed by atoms with Crippen LogP contribution in [0.5, 0.6) is 0 Å². The molecule has 0 amide bonds. The number of methoxy groups -OCH3 is 1. The van der Waals surface area contributed by atoms with Gasteiger partial charge in [-0.05, 0) is 5.56 Å². The summed E-state index contributed by atoms with van der Waals surface area (Å²) in [6, 6.07) is 7.66. The fourth-order valence-corrected chi connectivity index (χ4v) is 1.81. The van der Waals surface area contributed by atoms with Gasteiger partial charge in [-0.2, -0.15) is 0 Å². The molecule has 2 aromatic rings. The average Bonchev–Trinajstić information content (AvgIpc) is 2.87. The Balaban J connectivity index is 2.39. The van der Waals surface area contributed by atoms with Crippen molar-refractivity contribution in [2.45, 2.75) is 5.33 Å². The van der Waals surface area contributed by atoms with Gasteiger partial charge >= 0.3 is 5.97 Å². The van der Waals surface area contributed by atoms with Crippen molar-refractivity contribution in [3.8, 4) is 11.3 Å². The summed E-state index contributed by atoms with van der Waals surface area (Å²) in [5.41, 5.74) is 2.14. The lowest BCUT2D eigenvalue weighted by molar-refractivity contribution is 0.0595. The van der Waals surface area contributed by atoms with Crippen molar-refractivity contribution in [1.82, 2.24) is 4.98 Å². The Hall–Kier alpha value is -1.62. The molecule has 2 rings (SSSR count). The largest absolute Gasteiger partial charge is 0.464 e. The molecule has 0 saturated carbocycles. The highest BCUT2D eigenvalue weighted by molar-refractivity contribution is 9.08. The summed E-state index contributed by atoms with van der Waals surface area (Å²) >= 11 is 3.37. The van der Waals surface area contributed by atoms with Crippen LogP contribution in [0.3, 0.4) is 0 Å². The van der Waals surface area contributed by atoms with Gasteiger partial charge in [-0.3, -0.25) is 0 Å². The van der Waals surface area contributed by atoms with E-state index < -0.39 is 5.97 Å². The quantitative estimate of drug-likeness (QED) is 0.645. The third-order valence-corrected chi connectivity index (χ3v) is 2.96. The molecule has 0 fully saturated rings. The fraction of sp³-hybridized carbons (Fsp3) is 0.167. The number of hydrogen-bond acceptors (Lipinski definition) is 4. The van der Waals surface area contributed by atoms with E-state index in [0.717, 1.165) is 16.5 Å². The molecule has 88 valence electrons. The maximum Gasteiger partial charge on any atom is 0.360 e. The van der Waals surface area contributed by atoms with E-state index in [0.29, 0.717) is 5.76 Å². The van der Waals surface area contributed by atoms with Gasteiger partial charge in [0.15, 0.2) is 17.8 Å². The van der Waals surface area contributed by atoms with Gasteiger partial charge in [-0.1, -0.05) is 40.2 Å². The van der Waals surface area contributed by atoms with Crippen LogP contribution in [0.4, 0.5) is 0 Å². The molecule has 17 heavy (non-hydrogen) atoms. The Labute approximate surface area is 107 Å². The van der Waals surface area contributed by atoms with E-state index in [-0.39, 0.29) is 5.69 Å². The highest BCUT2D eigenvalue weighted by atomic mass is 79.9. The zero-order valence-corrected chi connectivity index (χ0v) is 10.7. The lowest BCUT2D eigenvalue weighted by Gasteiger charge is -2.01. The number of rotatable bonds is 3. The topological polar surface area (TPSA) is 52.3 Å². The monoisotopic (exact) mass is 295 g/mol. The number of benzene rings is 1. The smallest absolute Gasteiger partial charge is 0.360 e. The molecule has 1 heterocycles. The minimum atomic E-state index is -0.502. The van der Waals surface area contributed by atoms with Crippen LogP contribution in [0.1, 0.15) is 16.1 Å². The SMILES string of the molecule is COC(=O)c1ncoc1-c1ccc(CBr)cc1. The normalized spacial score (nSPS) is 10.2. The fourth-order valence-electron chi connectivity index (χ4n) is 1.44. The predicted molar refractivity (Wildman–Crippen MR) is 65.9 cm³/mol. The standard InChI is InChI=1S/C12H10BrNO3/c1-16-12(15)10-11(17-7-14-10)9-4-2-8(6-13)3-5-9/h2-5,7H,6H2,1H3. The molecule has 0 aliphatic rings. The van der Waals surface area contributed by atoms with Gasteiger partial charge in [0.2, 0.25) is 0 Å². The van der Waals surface area contributed by atoms with Crippen LogP contribution in [0.25, 0.3) is 11.3 Å². The van der Waals surface area contributed by atoms with Gasteiger partial charge in [0.25, 0.3) is 0 Å². The van der Waals surface area contributed by atoms with E-state index in [4.69, 9.17) is 4.42 Å². The molecule has 0 atom stereocenters. The van der Waals surface area contributed by atoms with Crippen LogP contribution in [-0.4, -0.2) is 18.1 Å². The molecular formula is C12H10BrNO3. The van der Waals surface area contributed by atoms with Gasteiger partial charge in [0.1, 0.15) is 0 Å². The maximum absolute atomic E-state index is 11.4. The second-order valence-corrected chi connectivity index (χ2v) is 3.91. The second-order valence-electron chi connectivity index (χ2n) is 3.35. The minimum absolute atomic E-state index is 0.194. The van der Waals surface area contributed by atoms with Crippen LogP contribution in [-0.2, 0) is 10.1 Å². The number of esters is 1. The van der Waals surface area contributed by atoms with Gasteiger partial charge in [0.05, 0.1) is 7.11 Å². The summed E-state index contributed by atoms with van der Waals surface area (Å²) in [5, 5.41) is 0.785. The van der Waals surface area contributed by atoms with Crippen molar-refractivity contribution in [1.29, 1.82) is 0 Å². The van der Waals surface area contributed by atoms with Crippen LogP contribution < -0.4 is 0 Å². The maximum atomic E-state index is 11.4. The number of halogens is 1. The molecule has 0 aliphatic carbocycles. The lowest BCUT2D eigenvalue weighted by Crippen LogP contribution is -2.03. The first kappa shape index (κ1) is 11.9. The van der Waals surface area contributed by atoms with E-state index in [1.807, 2.05) is 24.3 Å². The van der Waals surface area contributed by atoms with E-state index in [9.17, 15) is 4.79 Å². The van der Waals surface area contributed by atoms with E-state index in [1.165, 1.54) is 13.5 Å². The predicted octanol–water partition coefficient (Wildman–Crippen LogP) is 3.02. The number of ether oxygens (including phenoxy) is 1. The molecule has 5 heteroatoms. The highest BCUT2D eigenvalue weighted by Crippen LogP contribution is 2.24. The van der Waals surface area contributed by atoms with Crippen LogP contribution in [0.2, 0.25) is 0 Å². The summed E-state index contributed by atoms with van der Waals surface area (Å²) < 4.78 is 9.86. The first-order valence-electron chi connectivity index (χ1n) is 4.93. The van der Waals surface area contributed by atoms with E-state index in [2.05, 4.69) is 25.7 Å². The van der Waals surface area contributed by atoms with E-state index in [1.54, 1.807) is 0 Å². The molecule has 1 aromatic carbocycles. The zero-order chi connectivity index (χ0) is 12.3. The number of carbonyl (C=O) groups is 1. The Morgan fingerprint density at radius 1 is 1.41 bits per heavy atom. The average molecular weight is 296 g/mol. The molecule has 0 bridgehead atoms. The third-order valence-electron chi connectivity index (χ3n) is 2.32. The molecular weight excluding hydrogens is 286 g/mol. The number of aromatic nitrogens is 1. The minimum Gasteiger partial charge on any atom is -0.464 e. The first-order valence-corrected chi connectivity index (χ1v) is 6.05. The van der Waals surface area contributed by atoms with Crippen molar-refractivity contribution in [3.05, 3.63) is 41.9 Å². The number of carbonyl (C=O) groups excluding carboxylic acids is 1. The Bertz CT molecular complexity index is 519. The van der Waals surface area contributed by atoms with Crippen molar-refractivity contribution in [2.24, 2.45) is 0 Å². The van der Waals surface area contributed by atoms with Gasteiger partial charge in [-0.15, -0.1) is 0 Å². The number of oxazole rings is 1. The molecule has 0 spiro atoms. The number of nitrogens with zero attached hydrogens (tertiary/aromatic N) is 1. The zero-order valence-electron chi connectivity index (χ0n) is 9.14. The van der Waals surface area contributed by atoms with Crippen LogP contribution in [0.15, 0.2) is 35.1 Å². The van der Waals surface area contributed by atoms with Crippen molar-refractivity contribution in [2.75, 3.05) is 7.11 Å².